The zero-order valence-corrected chi connectivity index (χ0v) is 11.1. The van der Waals surface area contributed by atoms with Gasteiger partial charge >= 0.3 is 0 Å². The number of benzene rings is 1. The van der Waals surface area contributed by atoms with Crippen LogP contribution in [0, 0.1) is 0 Å². The van der Waals surface area contributed by atoms with Gasteiger partial charge < -0.3 is 15.7 Å². The van der Waals surface area contributed by atoms with E-state index in [4.69, 9.17) is 38.9 Å². The van der Waals surface area contributed by atoms with Crippen LogP contribution in [0.5, 0.6) is 11.5 Å². The van der Waals surface area contributed by atoms with Crippen LogP contribution >= 0.6 is 23.2 Å². The maximum absolute atomic E-state index is 8.52. The van der Waals surface area contributed by atoms with E-state index >= 15 is 0 Å². The third-order valence-electron chi connectivity index (χ3n) is 2.23. The summed E-state index contributed by atoms with van der Waals surface area (Å²) in [6.07, 6.45) is 1.44. The van der Waals surface area contributed by atoms with E-state index in [-0.39, 0.29) is 5.84 Å². The van der Waals surface area contributed by atoms with E-state index in [1.165, 1.54) is 6.20 Å². The highest BCUT2D eigenvalue weighted by atomic mass is 35.5. The van der Waals surface area contributed by atoms with Crippen molar-refractivity contribution in [3.63, 3.8) is 0 Å². The van der Waals surface area contributed by atoms with Crippen LogP contribution in [0.1, 0.15) is 5.69 Å². The van der Waals surface area contributed by atoms with Crippen molar-refractivity contribution >= 4 is 29.0 Å². The largest absolute Gasteiger partial charge is 0.454 e. The molecule has 3 N–H and O–H groups in total. The Bertz CT molecular complexity index is 615. The molecule has 0 unspecified atom stereocenters. The second-order valence-corrected chi connectivity index (χ2v) is 4.38. The molecule has 98 valence electrons. The summed E-state index contributed by atoms with van der Waals surface area (Å²) in [5.41, 5.74) is 5.74. The van der Waals surface area contributed by atoms with Crippen LogP contribution in [0.3, 0.4) is 0 Å². The summed E-state index contributed by atoms with van der Waals surface area (Å²) >= 11 is 11.8. The Labute approximate surface area is 119 Å². The Morgan fingerprint density at radius 3 is 2.68 bits per heavy atom. The van der Waals surface area contributed by atoms with Crippen molar-refractivity contribution < 1.29 is 9.94 Å². The third-order valence-corrected chi connectivity index (χ3v) is 2.77. The number of hydrogen-bond donors (Lipinski definition) is 2. The maximum atomic E-state index is 8.52. The van der Waals surface area contributed by atoms with Crippen LogP contribution in [-0.4, -0.2) is 16.0 Å². The van der Waals surface area contributed by atoms with Crippen molar-refractivity contribution in [2.24, 2.45) is 10.9 Å². The molecule has 0 aliphatic rings. The maximum Gasteiger partial charge on any atom is 0.188 e. The third kappa shape index (κ3) is 3.27. The van der Waals surface area contributed by atoms with Gasteiger partial charge in [0.1, 0.15) is 17.2 Å². The molecule has 0 spiro atoms. The summed E-state index contributed by atoms with van der Waals surface area (Å²) < 4.78 is 5.54. The van der Waals surface area contributed by atoms with Crippen LogP contribution < -0.4 is 10.5 Å². The summed E-state index contributed by atoms with van der Waals surface area (Å²) in [5.74, 6) is 0.804. The van der Waals surface area contributed by atoms with Crippen molar-refractivity contribution in [2.45, 2.75) is 0 Å². The van der Waals surface area contributed by atoms with Crippen molar-refractivity contribution in [3.8, 4) is 11.5 Å². The fourth-order valence-corrected chi connectivity index (χ4v) is 1.64. The van der Waals surface area contributed by atoms with E-state index in [1.807, 2.05) is 0 Å². The topological polar surface area (TPSA) is 80.7 Å². The quantitative estimate of drug-likeness (QED) is 0.394. The first-order chi connectivity index (χ1) is 9.10. The van der Waals surface area contributed by atoms with Gasteiger partial charge in [0.15, 0.2) is 5.84 Å². The first kappa shape index (κ1) is 13.5. The first-order valence-electron chi connectivity index (χ1n) is 5.17. The van der Waals surface area contributed by atoms with Crippen LogP contribution in [0.4, 0.5) is 0 Å². The van der Waals surface area contributed by atoms with E-state index in [0.29, 0.717) is 27.2 Å². The number of amidine groups is 1. The van der Waals surface area contributed by atoms with Gasteiger partial charge in [0, 0.05) is 11.1 Å². The summed E-state index contributed by atoms with van der Waals surface area (Å²) in [7, 11) is 0. The smallest absolute Gasteiger partial charge is 0.188 e. The van der Waals surface area contributed by atoms with Crippen LogP contribution in [-0.2, 0) is 0 Å². The molecule has 0 saturated carbocycles. The van der Waals surface area contributed by atoms with Crippen molar-refractivity contribution in [3.05, 3.63) is 52.3 Å². The highest BCUT2D eigenvalue weighted by Gasteiger charge is 2.06. The number of hydrogen-bond acceptors (Lipinski definition) is 4. The van der Waals surface area contributed by atoms with Gasteiger partial charge in [-0.2, -0.15) is 0 Å². The number of nitrogens with two attached hydrogens (primary N) is 1. The van der Waals surface area contributed by atoms with E-state index in [1.54, 1.807) is 30.3 Å². The Kier molecular flexibility index (Phi) is 4.09. The number of halogens is 2. The molecule has 2 rings (SSSR count). The lowest BCUT2D eigenvalue weighted by molar-refractivity contribution is 0.318. The van der Waals surface area contributed by atoms with Crippen LogP contribution in [0.25, 0.3) is 0 Å². The minimum atomic E-state index is -0.0765. The summed E-state index contributed by atoms with van der Waals surface area (Å²) in [6, 6.07) is 8.08. The molecular formula is C12H9Cl2N3O2. The van der Waals surface area contributed by atoms with Crippen molar-refractivity contribution in [1.82, 2.24) is 4.98 Å². The standard InChI is InChI=1S/C12H9Cl2N3O2/c13-7-1-3-9(14)11(5-7)19-8-2-4-10(16-6-8)12(15)17-18/h1-6,18H,(H2,15,17). The molecule has 2 aromatic rings. The highest BCUT2D eigenvalue weighted by Crippen LogP contribution is 2.31. The monoisotopic (exact) mass is 297 g/mol. The lowest BCUT2D eigenvalue weighted by Crippen LogP contribution is -2.14. The van der Waals surface area contributed by atoms with Gasteiger partial charge in [0.25, 0.3) is 0 Å². The Morgan fingerprint density at radius 1 is 1.26 bits per heavy atom. The Balaban J connectivity index is 2.22. The minimum absolute atomic E-state index is 0.0765. The second-order valence-electron chi connectivity index (χ2n) is 3.54. The number of pyridine rings is 1. The summed E-state index contributed by atoms with van der Waals surface area (Å²) in [5, 5.41) is 12.3. The molecule has 1 aromatic heterocycles. The van der Waals surface area contributed by atoms with Crippen LogP contribution in [0.15, 0.2) is 41.7 Å². The van der Waals surface area contributed by atoms with E-state index in [9.17, 15) is 0 Å². The molecule has 19 heavy (non-hydrogen) atoms. The summed E-state index contributed by atoms with van der Waals surface area (Å²) in [4.78, 5) is 3.98. The second kappa shape index (κ2) is 5.77. The van der Waals surface area contributed by atoms with Crippen molar-refractivity contribution in [1.29, 1.82) is 0 Å². The zero-order valence-electron chi connectivity index (χ0n) is 9.55. The van der Waals surface area contributed by atoms with E-state index in [2.05, 4.69) is 10.1 Å². The fraction of sp³-hybridized carbons (Fsp3) is 0. The number of ether oxygens (including phenoxy) is 1. The molecule has 0 saturated heterocycles. The van der Waals surface area contributed by atoms with Gasteiger partial charge in [-0.15, -0.1) is 0 Å². The Morgan fingerprint density at radius 2 is 2.05 bits per heavy atom. The van der Waals surface area contributed by atoms with Gasteiger partial charge in [-0.3, -0.25) is 0 Å². The van der Waals surface area contributed by atoms with Gasteiger partial charge in [0.05, 0.1) is 11.2 Å². The van der Waals surface area contributed by atoms with E-state index in [0.717, 1.165) is 0 Å². The summed E-state index contributed by atoms with van der Waals surface area (Å²) in [6.45, 7) is 0. The van der Waals surface area contributed by atoms with E-state index < -0.39 is 0 Å². The molecular weight excluding hydrogens is 289 g/mol. The van der Waals surface area contributed by atoms with Crippen LogP contribution in [0.2, 0.25) is 10.0 Å². The molecule has 0 aliphatic carbocycles. The lowest BCUT2D eigenvalue weighted by Gasteiger charge is -2.08. The number of rotatable bonds is 3. The van der Waals surface area contributed by atoms with Crippen molar-refractivity contribution in [2.75, 3.05) is 0 Å². The normalized spacial score (nSPS) is 11.4. The highest BCUT2D eigenvalue weighted by molar-refractivity contribution is 6.34. The molecule has 5 nitrogen and oxygen atoms in total. The first-order valence-corrected chi connectivity index (χ1v) is 5.92. The molecule has 0 amide bonds. The predicted octanol–water partition coefficient (Wildman–Crippen LogP) is 3.28. The fourth-order valence-electron chi connectivity index (χ4n) is 1.33. The molecule has 1 heterocycles. The molecule has 7 heteroatoms. The molecule has 1 aromatic carbocycles. The minimum Gasteiger partial charge on any atom is -0.454 e. The predicted molar refractivity (Wildman–Crippen MR) is 73.3 cm³/mol. The average molecular weight is 298 g/mol. The molecule has 0 fully saturated rings. The Hall–Kier alpha value is -1.98. The number of oxime groups is 1. The van der Waals surface area contributed by atoms with Gasteiger partial charge in [-0.05, 0) is 24.3 Å². The van der Waals surface area contributed by atoms with Gasteiger partial charge in [-0.25, -0.2) is 4.98 Å². The number of nitrogens with zero attached hydrogens (tertiary/aromatic N) is 2. The number of aromatic nitrogens is 1. The molecule has 0 bridgehead atoms. The van der Waals surface area contributed by atoms with Gasteiger partial charge in [-0.1, -0.05) is 28.4 Å². The van der Waals surface area contributed by atoms with Gasteiger partial charge in [0.2, 0.25) is 0 Å². The molecule has 0 aliphatic heterocycles. The molecule has 0 atom stereocenters. The SMILES string of the molecule is N/C(=N/O)c1ccc(Oc2cc(Cl)ccc2Cl)cn1. The lowest BCUT2D eigenvalue weighted by atomic mass is 10.3. The molecule has 0 radical (unpaired) electrons. The zero-order chi connectivity index (χ0) is 13.8. The average Bonchev–Trinajstić information content (AvgIpc) is 2.43.